The molecule has 3 aromatic rings. The normalized spacial score (nSPS) is 11.2. The third-order valence-electron chi connectivity index (χ3n) is 4.52. The molecule has 0 saturated carbocycles. The van der Waals surface area contributed by atoms with E-state index in [0.29, 0.717) is 10.7 Å². The lowest BCUT2D eigenvalue weighted by atomic mass is 10.1. The Hall–Kier alpha value is -2.61. The zero-order valence-electron chi connectivity index (χ0n) is 16.0. The first kappa shape index (κ1) is 22.1. The summed E-state index contributed by atoms with van der Waals surface area (Å²) in [4.78, 5) is 12.1. The van der Waals surface area contributed by atoms with E-state index < -0.39 is 21.7 Å². The van der Waals surface area contributed by atoms with Crippen molar-refractivity contribution in [2.24, 2.45) is 0 Å². The fourth-order valence-corrected chi connectivity index (χ4v) is 4.32. The minimum atomic E-state index is -4.02. The molecule has 0 spiro atoms. The van der Waals surface area contributed by atoms with Crippen molar-refractivity contribution in [2.75, 3.05) is 10.0 Å². The largest absolute Gasteiger partial charge is 0.319 e. The van der Waals surface area contributed by atoms with Crippen molar-refractivity contribution in [2.45, 2.75) is 18.7 Å². The molecule has 0 aliphatic rings. The van der Waals surface area contributed by atoms with Crippen LogP contribution < -0.4 is 10.0 Å². The van der Waals surface area contributed by atoms with Gasteiger partial charge in [-0.15, -0.1) is 0 Å². The van der Waals surface area contributed by atoms with Gasteiger partial charge in [-0.3, -0.25) is 9.52 Å². The Labute approximate surface area is 183 Å². The van der Waals surface area contributed by atoms with Crippen molar-refractivity contribution in [1.82, 2.24) is 0 Å². The molecule has 0 radical (unpaired) electrons. The number of hydrogen-bond donors (Lipinski definition) is 2. The van der Waals surface area contributed by atoms with Crippen LogP contribution >= 0.6 is 23.2 Å². The highest BCUT2D eigenvalue weighted by molar-refractivity contribution is 7.92. The van der Waals surface area contributed by atoms with Crippen LogP contribution in [0.5, 0.6) is 0 Å². The molecule has 156 valence electrons. The molecular formula is C21H17Cl2FN2O3S. The third-order valence-corrected chi connectivity index (χ3v) is 6.43. The number of amides is 1. The Balaban J connectivity index is 1.84. The fourth-order valence-electron chi connectivity index (χ4n) is 2.69. The molecule has 0 atom stereocenters. The Morgan fingerprint density at radius 1 is 0.967 bits per heavy atom. The van der Waals surface area contributed by atoms with Gasteiger partial charge in [0.05, 0.1) is 26.9 Å². The number of hydrogen-bond acceptors (Lipinski definition) is 3. The smallest absolute Gasteiger partial charge is 0.262 e. The predicted octanol–water partition coefficient (Wildman–Crippen LogP) is 5.80. The summed E-state index contributed by atoms with van der Waals surface area (Å²) in [5, 5.41) is 2.84. The zero-order valence-corrected chi connectivity index (χ0v) is 18.3. The molecule has 1 amide bonds. The Bertz CT molecular complexity index is 1250. The molecule has 3 rings (SSSR count). The summed E-state index contributed by atoms with van der Waals surface area (Å²) < 4.78 is 42.3. The number of nitrogens with one attached hydrogen (secondary N) is 2. The highest BCUT2D eigenvalue weighted by Crippen LogP contribution is 2.26. The van der Waals surface area contributed by atoms with E-state index >= 15 is 0 Å². The van der Waals surface area contributed by atoms with Gasteiger partial charge in [-0.2, -0.15) is 0 Å². The van der Waals surface area contributed by atoms with Crippen LogP contribution in [-0.2, 0) is 10.0 Å². The second kappa shape index (κ2) is 8.63. The van der Waals surface area contributed by atoms with Crippen LogP contribution in [0.15, 0.2) is 59.5 Å². The standard InChI is InChI=1S/C21H17Cl2FN2O3S/c1-12-4-3-5-19(13(12)2)26-30(28,29)15-7-9-20(18(24)11-15)25-21(27)16-8-6-14(22)10-17(16)23/h3-11,26H,1-2H3,(H,25,27). The topological polar surface area (TPSA) is 75.3 Å². The highest BCUT2D eigenvalue weighted by Gasteiger charge is 2.19. The average molecular weight is 467 g/mol. The summed E-state index contributed by atoms with van der Waals surface area (Å²) in [5.41, 5.74) is 2.01. The van der Waals surface area contributed by atoms with Crippen molar-refractivity contribution in [3.05, 3.63) is 87.2 Å². The van der Waals surface area contributed by atoms with Crippen LogP contribution in [0.25, 0.3) is 0 Å². The predicted molar refractivity (Wildman–Crippen MR) is 118 cm³/mol. The molecule has 0 heterocycles. The van der Waals surface area contributed by atoms with E-state index in [4.69, 9.17) is 23.2 Å². The zero-order chi connectivity index (χ0) is 22.1. The molecular weight excluding hydrogens is 450 g/mol. The Kier molecular flexibility index (Phi) is 6.36. The number of halogens is 3. The van der Waals surface area contributed by atoms with Crippen LogP contribution in [0, 0.1) is 19.7 Å². The van der Waals surface area contributed by atoms with Gasteiger partial charge in [-0.1, -0.05) is 35.3 Å². The maximum Gasteiger partial charge on any atom is 0.262 e. The number of anilines is 2. The third kappa shape index (κ3) is 4.75. The van der Waals surface area contributed by atoms with Crippen LogP contribution in [0.2, 0.25) is 10.0 Å². The summed E-state index contributed by atoms with van der Waals surface area (Å²) >= 11 is 11.8. The van der Waals surface area contributed by atoms with E-state index in [1.54, 1.807) is 19.1 Å². The van der Waals surface area contributed by atoms with Crippen LogP contribution in [0.1, 0.15) is 21.5 Å². The number of carbonyl (C=O) groups excluding carboxylic acids is 1. The summed E-state index contributed by atoms with van der Waals surface area (Å²) in [5.74, 6) is -1.56. The lowest BCUT2D eigenvalue weighted by Crippen LogP contribution is -2.16. The maximum atomic E-state index is 14.5. The van der Waals surface area contributed by atoms with Gasteiger partial charge in [0.15, 0.2) is 0 Å². The van der Waals surface area contributed by atoms with Crippen LogP contribution in [0.4, 0.5) is 15.8 Å². The molecule has 0 aliphatic carbocycles. The number of sulfonamides is 1. The number of rotatable bonds is 5. The van der Waals surface area contributed by atoms with Crippen molar-refractivity contribution in [1.29, 1.82) is 0 Å². The molecule has 0 fully saturated rings. The molecule has 30 heavy (non-hydrogen) atoms. The summed E-state index contributed by atoms with van der Waals surface area (Å²) in [7, 11) is -4.02. The van der Waals surface area contributed by atoms with Gasteiger partial charge in [0, 0.05) is 5.02 Å². The maximum absolute atomic E-state index is 14.5. The van der Waals surface area contributed by atoms with Gasteiger partial charge < -0.3 is 5.32 Å². The van der Waals surface area contributed by atoms with Crippen molar-refractivity contribution in [3.63, 3.8) is 0 Å². The molecule has 9 heteroatoms. The van der Waals surface area contributed by atoms with Gasteiger partial charge >= 0.3 is 0 Å². The van der Waals surface area contributed by atoms with Gasteiger partial charge in [-0.05, 0) is 67.4 Å². The van der Waals surface area contributed by atoms with E-state index in [1.807, 2.05) is 13.0 Å². The van der Waals surface area contributed by atoms with Gasteiger partial charge in [0.2, 0.25) is 0 Å². The summed E-state index contributed by atoms with van der Waals surface area (Å²) in [6, 6.07) is 12.7. The number of carbonyl (C=O) groups is 1. The minimum Gasteiger partial charge on any atom is -0.319 e. The van der Waals surface area contributed by atoms with Crippen LogP contribution in [0.3, 0.4) is 0 Å². The van der Waals surface area contributed by atoms with E-state index in [0.717, 1.165) is 17.2 Å². The average Bonchev–Trinajstić information content (AvgIpc) is 2.66. The van der Waals surface area contributed by atoms with Gasteiger partial charge in [-0.25, -0.2) is 12.8 Å². The van der Waals surface area contributed by atoms with E-state index in [9.17, 15) is 17.6 Å². The molecule has 2 N–H and O–H groups in total. The van der Waals surface area contributed by atoms with Gasteiger partial charge in [0.25, 0.3) is 15.9 Å². The summed E-state index contributed by atoms with van der Waals surface area (Å²) in [6.45, 7) is 3.64. The lowest BCUT2D eigenvalue weighted by molar-refractivity contribution is 0.102. The van der Waals surface area contributed by atoms with E-state index in [-0.39, 0.29) is 21.2 Å². The van der Waals surface area contributed by atoms with Crippen LogP contribution in [-0.4, -0.2) is 14.3 Å². The number of aryl methyl sites for hydroxylation is 1. The van der Waals surface area contributed by atoms with Crippen molar-refractivity contribution < 1.29 is 17.6 Å². The van der Waals surface area contributed by atoms with Crippen molar-refractivity contribution >= 4 is 50.5 Å². The van der Waals surface area contributed by atoms with E-state index in [2.05, 4.69) is 10.0 Å². The lowest BCUT2D eigenvalue weighted by Gasteiger charge is -2.13. The second-order valence-electron chi connectivity index (χ2n) is 6.57. The Morgan fingerprint density at radius 2 is 1.70 bits per heavy atom. The SMILES string of the molecule is Cc1cccc(NS(=O)(=O)c2ccc(NC(=O)c3ccc(Cl)cc3Cl)c(F)c2)c1C. The molecule has 0 aromatic heterocycles. The van der Waals surface area contributed by atoms with Gasteiger partial charge in [0.1, 0.15) is 5.82 Å². The second-order valence-corrected chi connectivity index (χ2v) is 9.10. The molecule has 5 nitrogen and oxygen atoms in total. The minimum absolute atomic E-state index is 0.105. The molecule has 0 unspecified atom stereocenters. The first-order valence-electron chi connectivity index (χ1n) is 8.73. The molecule has 0 aliphatic heterocycles. The van der Waals surface area contributed by atoms with E-state index in [1.165, 1.54) is 30.3 Å². The first-order chi connectivity index (χ1) is 14.1. The fraction of sp³-hybridized carbons (Fsp3) is 0.0952. The monoisotopic (exact) mass is 466 g/mol. The Morgan fingerprint density at radius 3 is 2.37 bits per heavy atom. The van der Waals surface area contributed by atoms with Crippen molar-refractivity contribution in [3.8, 4) is 0 Å². The molecule has 3 aromatic carbocycles. The molecule has 0 saturated heterocycles. The quantitative estimate of drug-likeness (QED) is 0.498. The summed E-state index contributed by atoms with van der Waals surface area (Å²) in [6.07, 6.45) is 0. The highest BCUT2D eigenvalue weighted by atomic mass is 35.5. The molecule has 0 bridgehead atoms. The first-order valence-corrected chi connectivity index (χ1v) is 11.0. The number of benzene rings is 3.